The molecular weight excluding hydrogens is 928 g/mol. The van der Waals surface area contributed by atoms with Crippen LogP contribution < -0.4 is 24.4 Å². The number of aliphatic hydroxyl groups is 10. The Balaban J connectivity index is 1.23. The van der Waals surface area contributed by atoms with Crippen LogP contribution in [0.4, 0.5) is 0 Å². The average molecular weight is 979 g/mol. The van der Waals surface area contributed by atoms with Gasteiger partial charge < -0.3 is 113 Å². The topological polar surface area (TPSA) is 393 Å². The molecule has 4 heterocycles. The highest BCUT2D eigenvalue weighted by Crippen LogP contribution is 2.46. The van der Waals surface area contributed by atoms with Crippen molar-refractivity contribution >= 4 is 23.0 Å². The van der Waals surface area contributed by atoms with E-state index in [9.17, 15) is 76.0 Å². The summed E-state index contributed by atoms with van der Waals surface area (Å²) in [6.07, 6.45) is -25.8. The van der Waals surface area contributed by atoms with Crippen LogP contribution in [0, 0.1) is 0 Å². The van der Waals surface area contributed by atoms with E-state index in [-0.39, 0.29) is 11.3 Å². The maximum absolute atomic E-state index is 14.7. The molecule has 0 amide bonds. The largest absolute Gasteiger partial charge is 0.504 e. The van der Waals surface area contributed by atoms with E-state index in [0.29, 0.717) is 11.3 Å². The van der Waals surface area contributed by atoms with Crippen LogP contribution in [0.2, 0.25) is 0 Å². The van der Waals surface area contributed by atoms with Crippen molar-refractivity contribution in [3.05, 3.63) is 70.4 Å². The van der Waals surface area contributed by atoms with Gasteiger partial charge in [-0.25, -0.2) is 4.79 Å². The summed E-state index contributed by atoms with van der Waals surface area (Å²) in [6, 6.07) is 10.6. The number of hydrogen-bond acceptors (Lipinski definition) is 25. The summed E-state index contributed by atoms with van der Waals surface area (Å²) in [7, 11) is 2.45. The number of rotatable bonds is 15. The molecule has 25 heteroatoms. The third-order valence-electron chi connectivity index (χ3n) is 11.5. The SMILES string of the molecule is COc1ccc(-c2oc3cc(O[C@@H]4O[C@H](COC(=O)/C=C/c5ccc(O)c(O)c5)[C@@H](O)[C@H](O)[C@H]4O)c(OC)c(O)c3c(=O)c2O[C@@H]2O[C@H](CO)[C@@H](O)[C@H](O)[C@H]2O[C@@H]2O[C@H](CO)[C@@H](O)[C@H](O)[C@H]2O)cc1. The number of phenolic OH excluding ortho intramolecular Hbond substituents is 3. The third kappa shape index (κ3) is 10.4. The molecule has 0 spiro atoms. The van der Waals surface area contributed by atoms with Gasteiger partial charge in [-0.3, -0.25) is 4.79 Å². The lowest BCUT2D eigenvalue weighted by atomic mass is 9.97. The van der Waals surface area contributed by atoms with Crippen molar-refractivity contribution in [2.75, 3.05) is 34.0 Å². The number of fused-ring (bicyclic) bond motifs is 1. The van der Waals surface area contributed by atoms with Gasteiger partial charge in [-0.1, -0.05) is 6.07 Å². The number of esters is 1. The van der Waals surface area contributed by atoms with E-state index >= 15 is 0 Å². The summed E-state index contributed by atoms with van der Waals surface area (Å²) in [5, 5.41) is 136. The molecule has 0 saturated carbocycles. The lowest BCUT2D eigenvalue weighted by Gasteiger charge is -2.45. The molecule has 25 nitrogen and oxygen atoms in total. The first-order valence-corrected chi connectivity index (χ1v) is 20.9. The van der Waals surface area contributed by atoms with Gasteiger partial charge in [0.1, 0.15) is 90.5 Å². The van der Waals surface area contributed by atoms with Gasteiger partial charge in [0.05, 0.1) is 27.4 Å². The Morgan fingerprint density at radius 3 is 1.88 bits per heavy atom. The molecule has 0 unspecified atom stereocenters. The molecule has 3 aliphatic rings. The normalized spacial score (nSPS) is 31.6. The molecule has 3 saturated heterocycles. The Morgan fingerprint density at radius 2 is 1.26 bits per heavy atom. The second-order valence-electron chi connectivity index (χ2n) is 15.9. The molecule has 0 aliphatic carbocycles. The van der Waals surface area contributed by atoms with Gasteiger partial charge in [0.15, 0.2) is 41.2 Å². The monoisotopic (exact) mass is 978 g/mol. The molecule has 0 radical (unpaired) electrons. The highest BCUT2D eigenvalue weighted by molar-refractivity contribution is 5.91. The molecule has 13 N–H and O–H groups in total. The average Bonchev–Trinajstić information content (AvgIpc) is 3.34. The number of aromatic hydroxyl groups is 3. The molecule has 7 rings (SSSR count). The quantitative estimate of drug-likeness (QED) is 0.0321. The zero-order valence-electron chi connectivity index (χ0n) is 36.3. The number of hydrogen-bond donors (Lipinski definition) is 13. The van der Waals surface area contributed by atoms with Gasteiger partial charge in [-0.15, -0.1) is 0 Å². The first-order valence-electron chi connectivity index (χ1n) is 20.9. The smallest absolute Gasteiger partial charge is 0.330 e. The minimum absolute atomic E-state index is 0.0978. The van der Waals surface area contributed by atoms with E-state index in [1.807, 2.05) is 0 Å². The lowest BCUT2D eigenvalue weighted by molar-refractivity contribution is -0.358. The zero-order chi connectivity index (χ0) is 50.0. The van der Waals surface area contributed by atoms with Crippen LogP contribution in [-0.4, -0.2) is 199 Å². The van der Waals surface area contributed by atoms with Crippen LogP contribution in [0.15, 0.2) is 63.8 Å². The van der Waals surface area contributed by atoms with Gasteiger partial charge in [-0.05, 0) is 48.0 Å². The minimum Gasteiger partial charge on any atom is -0.504 e. The van der Waals surface area contributed by atoms with Gasteiger partial charge >= 0.3 is 5.97 Å². The maximum Gasteiger partial charge on any atom is 0.330 e. The first-order chi connectivity index (χ1) is 32.9. The zero-order valence-corrected chi connectivity index (χ0v) is 36.3. The number of ether oxygens (including phenoxy) is 9. The van der Waals surface area contributed by atoms with Crippen LogP contribution in [0.5, 0.6) is 40.2 Å². The lowest BCUT2D eigenvalue weighted by Crippen LogP contribution is -2.65. The Hall–Kier alpha value is -5.88. The number of aliphatic hydroxyl groups excluding tert-OH is 10. The Kier molecular flexibility index (Phi) is 15.8. The van der Waals surface area contributed by atoms with E-state index in [1.54, 1.807) is 0 Å². The molecular formula is C44H50O25. The van der Waals surface area contributed by atoms with E-state index in [1.165, 1.54) is 55.7 Å². The van der Waals surface area contributed by atoms with Crippen molar-refractivity contribution in [1.82, 2.24) is 0 Å². The van der Waals surface area contributed by atoms with Crippen molar-refractivity contribution in [3.63, 3.8) is 0 Å². The first kappa shape index (κ1) is 51.0. The van der Waals surface area contributed by atoms with E-state index in [2.05, 4.69) is 0 Å². The number of carbonyl (C=O) groups excluding carboxylic acids is 1. The van der Waals surface area contributed by atoms with E-state index in [0.717, 1.165) is 19.3 Å². The molecule has 1 aromatic heterocycles. The van der Waals surface area contributed by atoms with Crippen molar-refractivity contribution in [1.29, 1.82) is 0 Å². The van der Waals surface area contributed by atoms with Crippen LogP contribution in [-0.2, 0) is 28.5 Å². The number of benzene rings is 3. The van der Waals surface area contributed by atoms with Gasteiger partial charge in [0, 0.05) is 17.7 Å². The van der Waals surface area contributed by atoms with E-state index in [4.69, 9.17) is 47.0 Å². The number of methoxy groups -OCH3 is 2. The van der Waals surface area contributed by atoms with Crippen LogP contribution in [0.1, 0.15) is 5.56 Å². The van der Waals surface area contributed by atoms with Crippen LogP contribution in [0.3, 0.4) is 0 Å². The molecule has 3 aliphatic heterocycles. The molecule has 0 bridgehead atoms. The summed E-state index contributed by atoms with van der Waals surface area (Å²) < 4.78 is 56.6. The summed E-state index contributed by atoms with van der Waals surface area (Å²) >= 11 is 0. The van der Waals surface area contributed by atoms with Gasteiger partial charge in [0.25, 0.3) is 0 Å². The molecule has 376 valence electrons. The summed E-state index contributed by atoms with van der Waals surface area (Å²) in [5.74, 6) is -4.63. The third-order valence-corrected chi connectivity index (χ3v) is 11.5. The molecule has 15 atom stereocenters. The van der Waals surface area contributed by atoms with Gasteiger partial charge in [-0.2, -0.15) is 0 Å². The minimum atomic E-state index is -2.05. The molecule has 4 aromatic rings. The second kappa shape index (κ2) is 21.4. The highest BCUT2D eigenvalue weighted by atomic mass is 16.8. The van der Waals surface area contributed by atoms with Crippen LogP contribution >= 0.6 is 0 Å². The Morgan fingerprint density at radius 1 is 0.652 bits per heavy atom. The predicted octanol–water partition coefficient (Wildman–Crippen LogP) is -2.96. The predicted molar refractivity (Wildman–Crippen MR) is 227 cm³/mol. The summed E-state index contributed by atoms with van der Waals surface area (Å²) in [4.78, 5) is 27.2. The van der Waals surface area contributed by atoms with Crippen LogP contribution in [0.25, 0.3) is 28.4 Å². The van der Waals surface area contributed by atoms with Crippen molar-refractivity contribution in [2.24, 2.45) is 0 Å². The molecule has 69 heavy (non-hydrogen) atoms. The maximum atomic E-state index is 14.7. The number of phenols is 3. The summed E-state index contributed by atoms with van der Waals surface area (Å²) in [6.45, 7) is -2.48. The molecule has 3 fully saturated rings. The highest BCUT2D eigenvalue weighted by Gasteiger charge is 2.52. The Bertz CT molecular complexity index is 2510. The fraction of sp³-hybridized carbons (Fsp3) is 0.455. The standard InChI is InChI=1S/C44H50O25/c1-60-18-7-5-17(6-8-18)38-40(68-44-41(35(57)29(51)24(14-46)66-44)69-43-37(59)33(55)28(50)23(13-45)65-43)32(54)27-21(63-38)12-22(39(61-2)31(27)53)64-42-36(58)34(56)30(52)25(67-42)15-62-26(49)10-4-16-3-9-19(47)20(48)11-16/h3-12,23-25,28-30,33-37,41-48,50-53,55-59H,13-15H2,1-2H3/b10-4+/t23-,24-,25-,28-,29-,30-,33+,34+,35+,36-,37-,41-,42-,43+,44+/m1/s1. The molecule has 3 aromatic carbocycles. The van der Waals surface area contributed by atoms with Crippen molar-refractivity contribution < 1.29 is 118 Å². The second-order valence-corrected chi connectivity index (χ2v) is 15.9. The van der Waals surface area contributed by atoms with Crippen molar-refractivity contribution in [2.45, 2.75) is 92.1 Å². The fourth-order valence-corrected chi connectivity index (χ4v) is 7.65. The van der Waals surface area contributed by atoms with Gasteiger partial charge in [0.2, 0.25) is 29.5 Å². The van der Waals surface area contributed by atoms with E-state index < -0.39 is 169 Å². The number of carbonyl (C=O) groups is 1. The summed E-state index contributed by atoms with van der Waals surface area (Å²) in [5.41, 5.74) is -1.19. The van der Waals surface area contributed by atoms with Crippen molar-refractivity contribution in [3.8, 4) is 51.6 Å². The fourth-order valence-electron chi connectivity index (χ4n) is 7.65. The Labute approximate surface area is 388 Å².